The fraction of sp³-hybridized carbons (Fsp3) is 0.692. The SMILES string of the molecule is C=C(C)CC/C=C/CCNCC(C)C. The Bertz CT molecular complexity index is 168. The van der Waals surface area contributed by atoms with E-state index in [0.29, 0.717) is 0 Å². The van der Waals surface area contributed by atoms with Gasteiger partial charge in [-0.05, 0) is 45.2 Å². The third-order valence-corrected chi connectivity index (χ3v) is 1.94. The molecule has 0 aliphatic rings. The van der Waals surface area contributed by atoms with Crippen LogP contribution in [0.3, 0.4) is 0 Å². The molecule has 1 nitrogen and oxygen atoms in total. The molecule has 0 aromatic rings. The monoisotopic (exact) mass is 195 g/mol. The summed E-state index contributed by atoms with van der Waals surface area (Å²) < 4.78 is 0. The van der Waals surface area contributed by atoms with Crippen molar-refractivity contribution in [1.29, 1.82) is 0 Å². The van der Waals surface area contributed by atoms with Crippen LogP contribution in [0.5, 0.6) is 0 Å². The van der Waals surface area contributed by atoms with E-state index in [1.165, 1.54) is 5.57 Å². The van der Waals surface area contributed by atoms with Crippen molar-refractivity contribution in [1.82, 2.24) is 5.32 Å². The molecular formula is C13H25N. The van der Waals surface area contributed by atoms with Gasteiger partial charge in [-0.1, -0.05) is 31.6 Å². The van der Waals surface area contributed by atoms with Gasteiger partial charge in [-0.3, -0.25) is 0 Å². The van der Waals surface area contributed by atoms with E-state index in [1.54, 1.807) is 0 Å². The Kier molecular flexibility index (Phi) is 8.65. The van der Waals surface area contributed by atoms with Gasteiger partial charge < -0.3 is 5.32 Å². The minimum Gasteiger partial charge on any atom is -0.316 e. The Morgan fingerprint density at radius 1 is 1.29 bits per heavy atom. The van der Waals surface area contributed by atoms with Crippen LogP contribution in [0.4, 0.5) is 0 Å². The second-order valence-corrected chi connectivity index (χ2v) is 4.35. The zero-order chi connectivity index (χ0) is 10.8. The van der Waals surface area contributed by atoms with Crippen molar-refractivity contribution in [3.63, 3.8) is 0 Å². The van der Waals surface area contributed by atoms with Crippen LogP contribution in [0, 0.1) is 5.92 Å². The lowest BCUT2D eigenvalue weighted by Gasteiger charge is -2.04. The van der Waals surface area contributed by atoms with Gasteiger partial charge in [0.25, 0.3) is 0 Å². The van der Waals surface area contributed by atoms with E-state index in [1.807, 2.05) is 0 Å². The first kappa shape index (κ1) is 13.4. The highest BCUT2D eigenvalue weighted by Gasteiger charge is 1.90. The van der Waals surface area contributed by atoms with Gasteiger partial charge in [-0.2, -0.15) is 0 Å². The zero-order valence-electron chi connectivity index (χ0n) is 9.97. The van der Waals surface area contributed by atoms with Crippen LogP contribution in [0.1, 0.15) is 40.0 Å². The third-order valence-electron chi connectivity index (χ3n) is 1.94. The van der Waals surface area contributed by atoms with Gasteiger partial charge in [0.2, 0.25) is 0 Å². The maximum atomic E-state index is 3.88. The Balaban J connectivity index is 3.15. The highest BCUT2D eigenvalue weighted by Crippen LogP contribution is 2.01. The van der Waals surface area contributed by atoms with Gasteiger partial charge in [0.1, 0.15) is 0 Å². The lowest BCUT2D eigenvalue weighted by molar-refractivity contribution is 0.556. The smallest absolute Gasteiger partial charge is 0.00142 e. The molecule has 0 aliphatic carbocycles. The molecule has 0 radical (unpaired) electrons. The largest absolute Gasteiger partial charge is 0.316 e. The number of allylic oxidation sites excluding steroid dienone is 2. The molecule has 0 saturated carbocycles. The first-order chi connectivity index (χ1) is 6.63. The number of nitrogens with one attached hydrogen (secondary N) is 1. The molecule has 14 heavy (non-hydrogen) atoms. The summed E-state index contributed by atoms with van der Waals surface area (Å²) in [5, 5.41) is 3.42. The second-order valence-electron chi connectivity index (χ2n) is 4.35. The summed E-state index contributed by atoms with van der Waals surface area (Å²) in [5.41, 5.74) is 1.27. The van der Waals surface area contributed by atoms with Crippen molar-refractivity contribution in [2.75, 3.05) is 13.1 Å². The maximum Gasteiger partial charge on any atom is -0.00142 e. The Morgan fingerprint density at radius 2 is 1.93 bits per heavy atom. The predicted octanol–water partition coefficient (Wildman–Crippen LogP) is 3.53. The number of hydrogen-bond donors (Lipinski definition) is 1. The molecule has 0 aromatic heterocycles. The minimum absolute atomic E-state index is 0.752. The van der Waals surface area contributed by atoms with Crippen molar-refractivity contribution >= 4 is 0 Å². The molecule has 0 aromatic carbocycles. The molecule has 0 bridgehead atoms. The quantitative estimate of drug-likeness (QED) is 0.461. The van der Waals surface area contributed by atoms with E-state index in [-0.39, 0.29) is 0 Å². The minimum atomic E-state index is 0.752. The molecule has 0 fully saturated rings. The third kappa shape index (κ3) is 11.4. The van der Waals surface area contributed by atoms with Gasteiger partial charge >= 0.3 is 0 Å². The summed E-state index contributed by atoms with van der Waals surface area (Å²) in [6, 6.07) is 0. The van der Waals surface area contributed by atoms with Crippen LogP contribution in [-0.2, 0) is 0 Å². The van der Waals surface area contributed by atoms with Crippen LogP contribution in [0.25, 0.3) is 0 Å². The predicted molar refractivity (Wildman–Crippen MR) is 65.5 cm³/mol. The average molecular weight is 195 g/mol. The standard InChI is InChI=1S/C13H25N/c1-12(2)9-7-5-6-8-10-14-11-13(3)4/h5-6,13-14H,1,7-11H2,2-4H3/b6-5+. The van der Waals surface area contributed by atoms with E-state index < -0.39 is 0 Å². The normalized spacial score (nSPS) is 11.4. The van der Waals surface area contributed by atoms with Gasteiger partial charge in [0, 0.05) is 0 Å². The van der Waals surface area contributed by atoms with E-state index in [9.17, 15) is 0 Å². The molecule has 0 unspecified atom stereocenters. The Labute approximate surface area is 89.3 Å². The van der Waals surface area contributed by atoms with Gasteiger partial charge in [0.05, 0.1) is 0 Å². The van der Waals surface area contributed by atoms with Gasteiger partial charge in [-0.15, -0.1) is 6.58 Å². The molecule has 0 heterocycles. The molecule has 0 rings (SSSR count). The van der Waals surface area contributed by atoms with Crippen LogP contribution in [0.15, 0.2) is 24.3 Å². The molecule has 82 valence electrons. The van der Waals surface area contributed by atoms with Crippen molar-refractivity contribution in [3.8, 4) is 0 Å². The fourth-order valence-corrected chi connectivity index (χ4v) is 1.14. The number of rotatable bonds is 8. The van der Waals surface area contributed by atoms with Crippen molar-refractivity contribution in [3.05, 3.63) is 24.3 Å². The number of hydrogen-bond acceptors (Lipinski definition) is 1. The van der Waals surface area contributed by atoms with Gasteiger partial charge in [-0.25, -0.2) is 0 Å². The first-order valence-electron chi connectivity index (χ1n) is 5.63. The lowest BCUT2D eigenvalue weighted by atomic mass is 10.2. The lowest BCUT2D eigenvalue weighted by Crippen LogP contribution is -2.20. The molecule has 0 saturated heterocycles. The fourth-order valence-electron chi connectivity index (χ4n) is 1.14. The van der Waals surface area contributed by atoms with Crippen LogP contribution >= 0.6 is 0 Å². The van der Waals surface area contributed by atoms with E-state index in [0.717, 1.165) is 38.3 Å². The Hall–Kier alpha value is -0.560. The zero-order valence-corrected chi connectivity index (χ0v) is 9.97. The van der Waals surface area contributed by atoms with Crippen molar-refractivity contribution < 1.29 is 0 Å². The molecule has 0 aliphatic heterocycles. The van der Waals surface area contributed by atoms with Crippen LogP contribution in [0.2, 0.25) is 0 Å². The topological polar surface area (TPSA) is 12.0 Å². The molecule has 0 atom stereocenters. The molecular weight excluding hydrogens is 170 g/mol. The highest BCUT2D eigenvalue weighted by atomic mass is 14.8. The van der Waals surface area contributed by atoms with Crippen LogP contribution in [-0.4, -0.2) is 13.1 Å². The molecule has 0 amide bonds. The van der Waals surface area contributed by atoms with E-state index >= 15 is 0 Å². The molecule has 1 N–H and O–H groups in total. The highest BCUT2D eigenvalue weighted by molar-refractivity contribution is 4.92. The summed E-state index contributed by atoms with van der Waals surface area (Å²) in [6.07, 6.45) is 7.92. The summed E-state index contributed by atoms with van der Waals surface area (Å²) in [7, 11) is 0. The van der Waals surface area contributed by atoms with E-state index in [2.05, 4.69) is 44.8 Å². The Morgan fingerprint density at radius 3 is 2.50 bits per heavy atom. The molecule has 0 spiro atoms. The summed E-state index contributed by atoms with van der Waals surface area (Å²) in [6.45, 7) is 12.6. The van der Waals surface area contributed by atoms with E-state index in [4.69, 9.17) is 0 Å². The first-order valence-corrected chi connectivity index (χ1v) is 5.63. The average Bonchev–Trinajstić information content (AvgIpc) is 2.08. The summed E-state index contributed by atoms with van der Waals surface area (Å²) in [4.78, 5) is 0. The summed E-state index contributed by atoms with van der Waals surface area (Å²) in [5.74, 6) is 0.752. The summed E-state index contributed by atoms with van der Waals surface area (Å²) >= 11 is 0. The maximum absolute atomic E-state index is 3.88. The molecule has 1 heteroatoms. The van der Waals surface area contributed by atoms with Gasteiger partial charge in [0.15, 0.2) is 0 Å². The van der Waals surface area contributed by atoms with Crippen molar-refractivity contribution in [2.45, 2.75) is 40.0 Å². The van der Waals surface area contributed by atoms with Crippen molar-refractivity contribution in [2.24, 2.45) is 5.92 Å². The second kappa shape index (κ2) is 9.01. The van der Waals surface area contributed by atoms with Crippen LogP contribution < -0.4 is 5.32 Å².